The summed E-state index contributed by atoms with van der Waals surface area (Å²) in [6.45, 7) is -0.474. The molecule has 5 N–H and O–H groups in total. The maximum Gasteiger partial charge on any atom is 0.327 e. The van der Waals surface area contributed by atoms with Gasteiger partial charge in [-0.3, -0.25) is 19.3 Å². The van der Waals surface area contributed by atoms with Crippen LogP contribution in [0.5, 0.6) is 0 Å². The van der Waals surface area contributed by atoms with Crippen LogP contribution < -0.4 is 11.2 Å². The number of aromatic nitrogens is 4. The Bertz CT molecular complexity index is 748. The fourth-order valence-corrected chi connectivity index (χ4v) is 2.25. The lowest BCUT2D eigenvalue weighted by molar-refractivity contribution is -0.0511. The van der Waals surface area contributed by atoms with E-state index in [0.29, 0.717) is 0 Å². The first-order valence-electron chi connectivity index (χ1n) is 5.84. The van der Waals surface area contributed by atoms with Crippen LogP contribution in [0.1, 0.15) is 6.23 Å². The maximum absolute atomic E-state index is 11.6. The quantitative estimate of drug-likeness (QED) is 0.394. The molecule has 1 fully saturated rings. The molecule has 3 heterocycles. The lowest BCUT2D eigenvalue weighted by Crippen LogP contribution is -2.33. The highest BCUT2D eigenvalue weighted by Gasteiger charge is 2.43. The summed E-state index contributed by atoms with van der Waals surface area (Å²) in [5.41, 5.74) is -1.36. The van der Waals surface area contributed by atoms with Crippen molar-refractivity contribution in [3.63, 3.8) is 0 Å². The molecule has 0 amide bonds. The van der Waals surface area contributed by atoms with Crippen molar-refractivity contribution >= 4 is 11.2 Å². The molecule has 1 saturated heterocycles. The van der Waals surface area contributed by atoms with Gasteiger partial charge < -0.3 is 20.1 Å². The van der Waals surface area contributed by atoms with E-state index in [9.17, 15) is 19.8 Å². The molecule has 20 heavy (non-hydrogen) atoms. The van der Waals surface area contributed by atoms with Gasteiger partial charge in [-0.05, 0) is 0 Å². The minimum Gasteiger partial charge on any atom is -0.394 e. The number of ether oxygens (including phenoxy) is 1. The number of nitrogens with zero attached hydrogens (tertiary/aromatic N) is 2. The number of nitrogens with one attached hydrogen (secondary N) is 2. The van der Waals surface area contributed by atoms with Crippen LogP contribution in [0.3, 0.4) is 0 Å². The zero-order valence-electron chi connectivity index (χ0n) is 10.1. The minimum atomic E-state index is -1.33. The smallest absolute Gasteiger partial charge is 0.327 e. The molecule has 2 aromatic heterocycles. The Balaban J connectivity index is 2.12. The summed E-state index contributed by atoms with van der Waals surface area (Å²) in [7, 11) is 0. The molecular formula is C10H12N4O6. The Morgan fingerprint density at radius 3 is 2.70 bits per heavy atom. The first-order valence-corrected chi connectivity index (χ1v) is 5.84. The Hall–Kier alpha value is -2.01. The molecule has 4 atom stereocenters. The van der Waals surface area contributed by atoms with Crippen molar-refractivity contribution in [2.75, 3.05) is 6.61 Å². The number of fused-ring (bicyclic) bond motifs is 1. The highest BCUT2D eigenvalue weighted by Crippen LogP contribution is 2.30. The molecule has 0 radical (unpaired) electrons. The fraction of sp³-hybridized carbons (Fsp3) is 0.500. The van der Waals surface area contributed by atoms with Crippen LogP contribution in [0.25, 0.3) is 11.2 Å². The SMILES string of the molecule is O=c1[nH]c(=O)c2ncn([C@H]3O[C@@H](CO)[C@@H](O)[C@@H]3O)c2[nH]1. The van der Waals surface area contributed by atoms with Gasteiger partial charge in [0.2, 0.25) is 0 Å². The number of aliphatic hydroxyl groups is 3. The number of aliphatic hydroxyl groups excluding tert-OH is 3. The van der Waals surface area contributed by atoms with Crippen LogP contribution in [0.15, 0.2) is 15.9 Å². The predicted molar refractivity (Wildman–Crippen MR) is 64.0 cm³/mol. The van der Waals surface area contributed by atoms with Gasteiger partial charge in [0, 0.05) is 0 Å². The molecule has 3 rings (SSSR count). The summed E-state index contributed by atoms with van der Waals surface area (Å²) >= 11 is 0. The zero-order valence-corrected chi connectivity index (χ0v) is 10.1. The van der Waals surface area contributed by atoms with Crippen molar-refractivity contribution in [2.24, 2.45) is 0 Å². The first-order chi connectivity index (χ1) is 9.52. The number of aromatic amines is 2. The first kappa shape index (κ1) is 13.0. The van der Waals surface area contributed by atoms with Gasteiger partial charge in [-0.15, -0.1) is 0 Å². The summed E-state index contributed by atoms with van der Waals surface area (Å²) in [4.78, 5) is 31.1. The topological polar surface area (TPSA) is 153 Å². The van der Waals surface area contributed by atoms with E-state index in [1.54, 1.807) is 0 Å². The largest absolute Gasteiger partial charge is 0.394 e. The van der Waals surface area contributed by atoms with Gasteiger partial charge in [0.25, 0.3) is 5.56 Å². The molecule has 0 bridgehead atoms. The predicted octanol–water partition coefficient (Wildman–Crippen LogP) is -2.98. The highest BCUT2D eigenvalue weighted by molar-refractivity contribution is 5.68. The van der Waals surface area contributed by atoms with Gasteiger partial charge in [0.05, 0.1) is 12.9 Å². The van der Waals surface area contributed by atoms with E-state index in [-0.39, 0.29) is 11.2 Å². The molecule has 1 aliphatic rings. The van der Waals surface area contributed by atoms with E-state index >= 15 is 0 Å². The molecule has 10 nitrogen and oxygen atoms in total. The summed E-state index contributed by atoms with van der Waals surface area (Å²) < 4.78 is 6.54. The van der Waals surface area contributed by atoms with Crippen LogP contribution in [0.4, 0.5) is 0 Å². The van der Waals surface area contributed by atoms with Gasteiger partial charge >= 0.3 is 5.69 Å². The maximum atomic E-state index is 11.6. The van der Waals surface area contributed by atoms with Crippen molar-refractivity contribution in [2.45, 2.75) is 24.5 Å². The van der Waals surface area contributed by atoms with Gasteiger partial charge in [-0.1, -0.05) is 0 Å². The number of hydrogen-bond donors (Lipinski definition) is 5. The van der Waals surface area contributed by atoms with Gasteiger partial charge in [0.15, 0.2) is 11.7 Å². The van der Waals surface area contributed by atoms with Crippen LogP contribution in [-0.4, -0.2) is 59.8 Å². The Labute approximate surface area is 110 Å². The van der Waals surface area contributed by atoms with E-state index < -0.39 is 42.4 Å². The molecule has 1 aliphatic heterocycles. The average molecular weight is 284 g/mol. The second-order valence-corrected chi connectivity index (χ2v) is 4.49. The molecule has 0 spiro atoms. The Morgan fingerprint density at radius 2 is 2.05 bits per heavy atom. The second kappa shape index (κ2) is 4.52. The van der Waals surface area contributed by atoms with Crippen molar-refractivity contribution in [3.8, 4) is 0 Å². The molecule has 0 saturated carbocycles. The fourth-order valence-electron chi connectivity index (χ4n) is 2.25. The van der Waals surface area contributed by atoms with Gasteiger partial charge in [-0.2, -0.15) is 0 Å². The van der Waals surface area contributed by atoms with E-state index in [2.05, 4.69) is 9.97 Å². The highest BCUT2D eigenvalue weighted by atomic mass is 16.6. The zero-order chi connectivity index (χ0) is 14.4. The number of hydrogen-bond acceptors (Lipinski definition) is 7. The molecule has 0 unspecified atom stereocenters. The van der Waals surface area contributed by atoms with Gasteiger partial charge in [0.1, 0.15) is 24.0 Å². The Kier molecular flexibility index (Phi) is 2.94. The third-order valence-corrected chi connectivity index (χ3v) is 3.26. The summed E-state index contributed by atoms with van der Waals surface area (Å²) in [6.07, 6.45) is -3.43. The minimum absolute atomic E-state index is 0.0256. The number of imidazole rings is 1. The molecule has 0 aromatic carbocycles. The number of rotatable bonds is 2. The molecule has 10 heteroatoms. The second-order valence-electron chi connectivity index (χ2n) is 4.49. The molecule has 0 aliphatic carbocycles. The van der Waals surface area contributed by atoms with E-state index in [1.807, 2.05) is 4.98 Å². The van der Waals surface area contributed by atoms with Crippen molar-refractivity contribution in [1.29, 1.82) is 0 Å². The van der Waals surface area contributed by atoms with Crippen LogP contribution >= 0.6 is 0 Å². The lowest BCUT2D eigenvalue weighted by atomic mass is 10.1. The van der Waals surface area contributed by atoms with Crippen LogP contribution in [0, 0.1) is 0 Å². The number of H-pyrrole nitrogens is 2. The van der Waals surface area contributed by atoms with Gasteiger partial charge in [-0.25, -0.2) is 9.78 Å². The Morgan fingerprint density at radius 1 is 1.30 bits per heavy atom. The third kappa shape index (κ3) is 1.78. The molecule has 108 valence electrons. The third-order valence-electron chi connectivity index (χ3n) is 3.26. The summed E-state index contributed by atoms with van der Waals surface area (Å²) in [6, 6.07) is 0. The summed E-state index contributed by atoms with van der Waals surface area (Å²) in [5, 5.41) is 28.7. The van der Waals surface area contributed by atoms with Crippen molar-refractivity contribution in [1.82, 2.24) is 19.5 Å². The average Bonchev–Trinajstić information content (AvgIpc) is 2.93. The van der Waals surface area contributed by atoms with E-state index in [0.717, 1.165) is 0 Å². The van der Waals surface area contributed by atoms with E-state index in [1.165, 1.54) is 10.9 Å². The van der Waals surface area contributed by atoms with Crippen LogP contribution in [-0.2, 0) is 4.74 Å². The monoisotopic (exact) mass is 284 g/mol. The molecular weight excluding hydrogens is 272 g/mol. The van der Waals surface area contributed by atoms with E-state index in [4.69, 9.17) is 9.84 Å². The molecule has 2 aromatic rings. The van der Waals surface area contributed by atoms with Crippen LogP contribution in [0.2, 0.25) is 0 Å². The van der Waals surface area contributed by atoms with Crippen molar-refractivity contribution in [3.05, 3.63) is 27.2 Å². The standard InChI is InChI=1S/C10H12N4O6/c15-1-3-5(16)6(17)9(20-3)14-2-11-4-7(14)12-10(19)13-8(4)18/h2-3,5-6,9,15-17H,1H2,(H2,12,13,18,19)/t3-,5+,6-,9-/m0/s1. The summed E-state index contributed by atoms with van der Waals surface area (Å²) in [5.74, 6) is 0. The lowest BCUT2D eigenvalue weighted by Gasteiger charge is -2.16. The normalized spacial score (nSPS) is 30.1. The van der Waals surface area contributed by atoms with Crippen molar-refractivity contribution < 1.29 is 20.1 Å².